The second kappa shape index (κ2) is 7.13. The molecule has 0 aromatic carbocycles. The van der Waals surface area contributed by atoms with Gasteiger partial charge in [-0.1, -0.05) is 0 Å². The summed E-state index contributed by atoms with van der Waals surface area (Å²) < 4.78 is 15.2. The van der Waals surface area contributed by atoms with E-state index < -0.39 is 24.6 Å². The fourth-order valence-corrected chi connectivity index (χ4v) is 1.33. The second-order valence-corrected chi connectivity index (χ2v) is 3.52. The summed E-state index contributed by atoms with van der Waals surface area (Å²) in [4.78, 5) is 0. The van der Waals surface area contributed by atoms with Crippen molar-refractivity contribution in [3.63, 3.8) is 0 Å². The molecule has 0 aromatic heterocycles. The molecule has 4 atom stereocenters. The zero-order chi connectivity index (χ0) is 12.0. The van der Waals surface area contributed by atoms with Gasteiger partial charge in [-0.05, 0) is 0 Å². The van der Waals surface area contributed by atoms with E-state index in [1.165, 1.54) is 0 Å². The van der Waals surface area contributed by atoms with Gasteiger partial charge in [0.15, 0.2) is 6.29 Å². The number of ether oxygens (including phenoxy) is 3. The number of rotatable bonds is 6. The molecule has 0 aromatic rings. The predicted molar refractivity (Wildman–Crippen MR) is 53.6 cm³/mol. The Morgan fingerprint density at radius 1 is 1.12 bits per heavy atom. The minimum Gasteiger partial charge on any atom is -0.388 e. The molecule has 5 N–H and O–H groups in total. The monoisotopic (exact) mass is 237 g/mol. The number of hydrogen-bond acceptors (Lipinski definition) is 7. The van der Waals surface area contributed by atoms with E-state index in [-0.39, 0.29) is 13.2 Å². The summed E-state index contributed by atoms with van der Waals surface area (Å²) in [6.07, 6.45) is -4.51. The Balaban J connectivity index is 2.16. The maximum Gasteiger partial charge on any atom is 0.186 e. The van der Waals surface area contributed by atoms with Gasteiger partial charge in [-0.15, -0.1) is 0 Å². The van der Waals surface area contributed by atoms with Crippen molar-refractivity contribution < 1.29 is 29.5 Å². The summed E-state index contributed by atoms with van der Waals surface area (Å²) in [5.74, 6) is 0. The number of nitrogens with two attached hydrogens (primary N) is 1. The molecule has 7 heteroatoms. The van der Waals surface area contributed by atoms with Gasteiger partial charge >= 0.3 is 0 Å². The lowest BCUT2D eigenvalue weighted by molar-refractivity contribution is -0.271. The van der Waals surface area contributed by atoms with Crippen LogP contribution in [-0.2, 0) is 14.2 Å². The largest absolute Gasteiger partial charge is 0.388 e. The maximum absolute atomic E-state index is 9.49. The highest BCUT2D eigenvalue weighted by Gasteiger charge is 2.37. The highest BCUT2D eigenvalue weighted by molar-refractivity contribution is 4.82. The lowest BCUT2D eigenvalue weighted by Crippen LogP contribution is -2.53. The average molecular weight is 237 g/mol. The van der Waals surface area contributed by atoms with Crippen LogP contribution < -0.4 is 5.73 Å². The fraction of sp³-hybridized carbons (Fsp3) is 1.00. The van der Waals surface area contributed by atoms with Gasteiger partial charge in [-0.2, -0.15) is 0 Å². The summed E-state index contributed by atoms with van der Waals surface area (Å²) in [6.45, 7) is 1.38. The molecular formula is C9H19NO6. The molecule has 1 aliphatic rings. The first kappa shape index (κ1) is 13.8. The van der Waals surface area contributed by atoms with Crippen LogP contribution in [0, 0.1) is 0 Å². The van der Waals surface area contributed by atoms with E-state index in [1.54, 1.807) is 0 Å². The van der Waals surface area contributed by atoms with Gasteiger partial charge in [0.25, 0.3) is 0 Å². The highest BCUT2D eigenvalue weighted by atomic mass is 16.7. The third-order valence-electron chi connectivity index (χ3n) is 2.23. The molecule has 0 saturated carbocycles. The van der Waals surface area contributed by atoms with Crippen LogP contribution in [0.4, 0.5) is 0 Å². The third-order valence-corrected chi connectivity index (χ3v) is 2.23. The highest BCUT2D eigenvalue weighted by Crippen LogP contribution is 2.16. The summed E-state index contributed by atoms with van der Waals surface area (Å²) >= 11 is 0. The van der Waals surface area contributed by atoms with Crippen LogP contribution >= 0.6 is 0 Å². The lowest BCUT2D eigenvalue weighted by Gasteiger charge is -2.34. The zero-order valence-corrected chi connectivity index (χ0v) is 8.99. The van der Waals surface area contributed by atoms with Gasteiger partial charge in [0.05, 0.1) is 26.4 Å². The molecule has 16 heavy (non-hydrogen) atoms. The van der Waals surface area contributed by atoms with E-state index in [2.05, 4.69) is 0 Å². The third kappa shape index (κ3) is 3.95. The van der Waals surface area contributed by atoms with E-state index in [0.29, 0.717) is 19.8 Å². The number of aliphatic hydroxyl groups excluding tert-OH is 3. The van der Waals surface area contributed by atoms with Crippen LogP contribution in [0.5, 0.6) is 0 Å². The van der Waals surface area contributed by atoms with Gasteiger partial charge < -0.3 is 35.3 Å². The quantitative estimate of drug-likeness (QED) is 0.375. The molecule has 96 valence electrons. The van der Waals surface area contributed by atoms with Gasteiger partial charge in [0, 0.05) is 6.54 Å². The van der Waals surface area contributed by atoms with Crippen molar-refractivity contribution in [2.75, 3.05) is 33.0 Å². The van der Waals surface area contributed by atoms with Crippen LogP contribution in [0.2, 0.25) is 0 Å². The van der Waals surface area contributed by atoms with Crippen molar-refractivity contribution in [1.82, 2.24) is 0 Å². The van der Waals surface area contributed by atoms with E-state index in [4.69, 9.17) is 19.9 Å². The van der Waals surface area contributed by atoms with Crippen molar-refractivity contribution in [2.24, 2.45) is 5.73 Å². The van der Waals surface area contributed by atoms with E-state index >= 15 is 0 Å². The van der Waals surface area contributed by atoms with Crippen molar-refractivity contribution in [3.8, 4) is 0 Å². The molecule has 1 fully saturated rings. The zero-order valence-electron chi connectivity index (χ0n) is 8.99. The van der Waals surface area contributed by atoms with Crippen molar-refractivity contribution in [2.45, 2.75) is 24.6 Å². The predicted octanol–water partition coefficient (Wildman–Crippen LogP) is -2.58. The Hall–Kier alpha value is -0.280. The van der Waals surface area contributed by atoms with Crippen LogP contribution in [0.1, 0.15) is 0 Å². The fourth-order valence-electron chi connectivity index (χ4n) is 1.33. The molecule has 0 spiro atoms. The summed E-state index contributed by atoms with van der Waals surface area (Å²) in [5.41, 5.74) is 5.22. The standard InChI is InChI=1S/C9H19NO6/c10-1-2-14-3-4-15-9-8(13)7(12)6(11)5-16-9/h6-9,11-13H,1-5,10H2/t6-,7+,8+,9+/m0/s1. The lowest BCUT2D eigenvalue weighted by atomic mass is 10.1. The maximum atomic E-state index is 9.49. The van der Waals surface area contributed by atoms with Gasteiger partial charge in [0.2, 0.25) is 0 Å². The average Bonchev–Trinajstić information content (AvgIpc) is 2.28. The first-order valence-corrected chi connectivity index (χ1v) is 5.22. The number of aliphatic hydroxyl groups is 3. The van der Waals surface area contributed by atoms with Crippen LogP contribution in [0.3, 0.4) is 0 Å². The molecule has 0 radical (unpaired) electrons. The van der Waals surface area contributed by atoms with Crippen LogP contribution in [0.25, 0.3) is 0 Å². The summed E-state index contributed by atoms with van der Waals surface area (Å²) in [6, 6.07) is 0. The molecule has 1 saturated heterocycles. The Labute approximate surface area is 93.7 Å². The Morgan fingerprint density at radius 2 is 1.88 bits per heavy atom. The van der Waals surface area contributed by atoms with Crippen molar-refractivity contribution in [1.29, 1.82) is 0 Å². The molecule has 0 amide bonds. The van der Waals surface area contributed by atoms with Crippen LogP contribution in [0.15, 0.2) is 0 Å². The molecule has 0 bridgehead atoms. The van der Waals surface area contributed by atoms with E-state index in [0.717, 1.165) is 0 Å². The molecule has 7 nitrogen and oxygen atoms in total. The van der Waals surface area contributed by atoms with Gasteiger partial charge in [-0.25, -0.2) is 0 Å². The molecule has 1 rings (SSSR count). The smallest absolute Gasteiger partial charge is 0.186 e. The topological polar surface area (TPSA) is 114 Å². The summed E-state index contributed by atoms with van der Waals surface area (Å²) in [7, 11) is 0. The van der Waals surface area contributed by atoms with Crippen molar-refractivity contribution in [3.05, 3.63) is 0 Å². The molecule has 0 unspecified atom stereocenters. The molecule has 1 aliphatic heterocycles. The minimum atomic E-state index is -1.25. The first-order chi connectivity index (χ1) is 7.66. The van der Waals surface area contributed by atoms with Crippen molar-refractivity contribution >= 4 is 0 Å². The molecule has 1 heterocycles. The Morgan fingerprint density at radius 3 is 2.56 bits per heavy atom. The molecular weight excluding hydrogens is 218 g/mol. The first-order valence-electron chi connectivity index (χ1n) is 5.22. The van der Waals surface area contributed by atoms with Gasteiger partial charge in [-0.3, -0.25) is 0 Å². The Bertz CT molecular complexity index is 193. The minimum absolute atomic E-state index is 0.0629. The normalized spacial score (nSPS) is 35.2. The Kier molecular flexibility index (Phi) is 6.14. The number of hydrogen-bond donors (Lipinski definition) is 4. The summed E-state index contributed by atoms with van der Waals surface area (Å²) in [5, 5.41) is 28.0. The van der Waals surface area contributed by atoms with E-state index in [9.17, 15) is 15.3 Å². The second-order valence-electron chi connectivity index (χ2n) is 3.52. The molecule has 0 aliphatic carbocycles. The SMILES string of the molecule is NCCOCCO[C@@H]1OC[C@H](O)[C@@H](O)[C@H]1O. The van der Waals surface area contributed by atoms with Gasteiger partial charge in [0.1, 0.15) is 18.3 Å². The van der Waals surface area contributed by atoms with E-state index in [1.807, 2.05) is 0 Å². The van der Waals surface area contributed by atoms with Crippen LogP contribution in [-0.4, -0.2) is 72.9 Å².